The number of rotatable bonds is 2. The van der Waals surface area contributed by atoms with Gasteiger partial charge >= 0.3 is 0 Å². The van der Waals surface area contributed by atoms with Gasteiger partial charge in [-0.25, -0.2) is 0 Å². The summed E-state index contributed by atoms with van der Waals surface area (Å²) in [7, 11) is 1.52. The topological polar surface area (TPSA) is 75.4 Å². The van der Waals surface area contributed by atoms with Crippen molar-refractivity contribution >= 4 is 5.91 Å². The van der Waals surface area contributed by atoms with E-state index < -0.39 is 0 Å². The van der Waals surface area contributed by atoms with Crippen molar-refractivity contribution in [3.63, 3.8) is 0 Å². The van der Waals surface area contributed by atoms with E-state index in [0.29, 0.717) is 0 Å². The summed E-state index contributed by atoms with van der Waals surface area (Å²) in [6, 6.07) is 0. The summed E-state index contributed by atoms with van der Waals surface area (Å²) < 4.78 is 4.71. The first kappa shape index (κ1) is 7.59. The van der Waals surface area contributed by atoms with Crippen LogP contribution >= 0.6 is 0 Å². The molecule has 0 atom stereocenters. The lowest BCUT2D eigenvalue weighted by Crippen LogP contribution is -2.19. The third kappa shape index (κ3) is 1.96. The van der Waals surface area contributed by atoms with Gasteiger partial charge in [0.05, 0.1) is 0 Å². The van der Waals surface area contributed by atoms with Crippen LogP contribution in [0.25, 0.3) is 0 Å². The van der Waals surface area contributed by atoms with E-state index >= 15 is 0 Å². The molecule has 0 aliphatic rings. The van der Waals surface area contributed by atoms with E-state index in [4.69, 9.17) is 9.52 Å². The van der Waals surface area contributed by atoms with E-state index in [-0.39, 0.29) is 24.1 Å². The number of hydrogen-bond donors (Lipinski definition) is 2. The maximum absolute atomic E-state index is 10.7. The van der Waals surface area contributed by atoms with Crippen molar-refractivity contribution < 1.29 is 14.3 Å². The average molecular weight is 156 g/mol. The highest BCUT2D eigenvalue weighted by Gasteiger charge is 2.06. The first-order valence-electron chi connectivity index (χ1n) is 3.06. The standard InChI is InChI=1S/C6H8N2O3/c1-7-4(9)2-6-8-5(10)3-11-6/h3,10H,2H2,1H3,(H,7,9). The minimum Gasteiger partial charge on any atom is -0.491 e. The maximum Gasteiger partial charge on any atom is 0.250 e. The lowest BCUT2D eigenvalue weighted by atomic mass is 10.4. The van der Waals surface area contributed by atoms with Crippen LogP contribution in [0.15, 0.2) is 10.7 Å². The fourth-order valence-electron chi connectivity index (χ4n) is 0.608. The molecule has 1 aromatic heterocycles. The number of aromatic hydroxyl groups is 1. The Labute approximate surface area is 63.0 Å². The minimum atomic E-state index is -0.205. The van der Waals surface area contributed by atoms with Crippen LogP contribution in [-0.2, 0) is 11.2 Å². The third-order valence-electron chi connectivity index (χ3n) is 1.13. The molecular weight excluding hydrogens is 148 g/mol. The molecule has 0 unspecified atom stereocenters. The smallest absolute Gasteiger partial charge is 0.250 e. The Balaban J connectivity index is 2.57. The third-order valence-corrected chi connectivity index (χ3v) is 1.13. The highest BCUT2D eigenvalue weighted by molar-refractivity contribution is 5.77. The average Bonchev–Trinajstić information content (AvgIpc) is 2.35. The van der Waals surface area contributed by atoms with Gasteiger partial charge in [0, 0.05) is 7.05 Å². The van der Waals surface area contributed by atoms with Crippen molar-refractivity contribution in [1.29, 1.82) is 0 Å². The molecular formula is C6H8N2O3. The molecule has 5 heteroatoms. The largest absolute Gasteiger partial charge is 0.491 e. The number of hydrogen-bond acceptors (Lipinski definition) is 4. The SMILES string of the molecule is CNC(=O)Cc1nc(O)co1. The van der Waals surface area contributed by atoms with Crippen molar-refractivity contribution in [3.05, 3.63) is 12.2 Å². The van der Waals surface area contributed by atoms with Gasteiger partial charge in [-0.1, -0.05) is 0 Å². The van der Waals surface area contributed by atoms with Crippen molar-refractivity contribution in [2.45, 2.75) is 6.42 Å². The van der Waals surface area contributed by atoms with Gasteiger partial charge in [-0.05, 0) is 0 Å². The second-order valence-electron chi connectivity index (χ2n) is 1.95. The number of carbonyl (C=O) groups is 1. The van der Waals surface area contributed by atoms with Crippen LogP contribution in [-0.4, -0.2) is 23.0 Å². The summed E-state index contributed by atoms with van der Waals surface area (Å²) >= 11 is 0. The second-order valence-corrected chi connectivity index (χ2v) is 1.95. The molecule has 0 saturated heterocycles. The zero-order valence-corrected chi connectivity index (χ0v) is 6.00. The molecule has 0 radical (unpaired) electrons. The first-order chi connectivity index (χ1) is 5.22. The summed E-state index contributed by atoms with van der Waals surface area (Å²) in [6.45, 7) is 0. The molecule has 60 valence electrons. The Hall–Kier alpha value is -1.52. The Kier molecular flexibility index (Phi) is 2.10. The van der Waals surface area contributed by atoms with Gasteiger partial charge in [-0.2, -0.15) is 4.98 Å². The predicted molar refractivity (Wildman–Crippen MR) is 35.9 cm³/mol. The van der Waals surface area contributed by atoms with Crippen molar-refractivity contribution in [2.24, 2.45) is 0 Å². The van der Waals surface area contributed by atoms with E-state index in [2.05, 4.69) is 10.3 Å². The van der Waals surface area contributed by atoms with Crippen LogP contribution in [0.3, 0.4) is 0 Å². The minimum absolute atomic E-state index is 0.0526. The summed E-state index contributed by atoms with van der Waals surface area (Å²) in [5.74, 6) is -0.197. The summed E-state index contributed by atoms with van der Waals surface area (Å²) in [5.41, 5.74) is 0. The van der Waals surface area contributed by atoms with Crippen LogP contribution in [0.5, 0.6) is 5.88 Å². The molecule has 5 nitrogen and oxygen atoms in total. The van der Waals surface area contributed by atoms with E-state index in [1.807, 2.05) is 0 Å². The summed E-state index contributed by atoms with van der Waals surface area (Å²) in [5, 5.41) is 11.1. The van der Waals surface area contributed by atoms with E-state index in [1.54, 1.807) is 0 Å². The Morgan fingerprint density at radius 1 is 1.91 bits per heavy atom. The molecule has 11 heavy (non-hydrogen) atoms. The van der Waals surface area contributed by atoms with Gasteiger partial charge in [-0.15, -0.1) is 0 Å². The summed E-state index contributed by atoms with van der Waals surface area (Å²) in [6.07, 6.45) is 1.13. The molecule has 0 aliphatic heterocycles. The fraction of sp³-hybridized carbons (Fsp3) is 0.333. The molecule has 0 bridgehead atoms. The molecule has 1 amide bonds. The van der Waals surface area contributed by atoms with Gasteiger partial charge in [-0.3, -0.25) is 4.79 Å². The predicted octanol–water partition coefficient (Wildman–Crippen LogP) is -0.331. The number of carbonyl (C=O) groups excluding carboxylic acids is 1. The van der Waals surface area contributed by atoms with Crippen molar-refractivity contribution in [2.75, 3.05) is 7.05 Å². The summed E-state index contributed by atoms with van der Waals surface area (Å²) in [4.78, 5) is 14.2. The Bertz CT molecular complexity index is 256. The molecule has 0 saturated carbocycles. The number of aromatic nitrogens is 1. The number of likely N-dealkylation sites (N-methyl/N-ethyl adjacent to an activating group) is 1. The fourth-order valence-corrected chi connectivity index (χ4v) is 0.608. The second kappa shape index (κ2) is 3.05. The highest BCUT2D eigenvalue weighted by atomic mass is 16.4. The van der Waals surface area contributed by atoms with Gasteiger partial charge < -0.3 is 14.8 Å². The number of nitrogens with zero attached hydrogens (tertiary/aromatic N) is 1. The van der Waals surface area contributed by atoms with E-state index in [9.17, 15) is 4.79 Å². The first-order valence-corrected chi connectivity index (χ1v) is 3.06. The van der Waals surface area contributed by atoms with Crippen LogP contribution in [0.1, 0.15) is 5.89 Å². The highest BCUT2D eigenvalue weighted by Crippen LogP contribution is 2.07. The zero-order chi connectivity index (χ0) is 8.27. The monoisotopic (exact) mass is 156 g/mol. The van der Waals surface area contributed by atoms with E-state index in [0.717, 1.165) is 6.26 Å². The van der Waals surface area contributed by atoms with Gasteiger partial charge in [0.15, 0.2) is 6.26 Å². The molecule has 1 heterocycles. The van der Waals surface area contributed by atoms with Crippen molar-refractivity contribution in [3.8, 4) is 5.88 Å². The lowest BCUT2D eigenvalue weighted by Gasteiger charge is -1.92. The van der Waals surface area contributed by atoms with Crippen molar-refractivity contribution in [1.82, 2.24) is 10.3 Å². The molecule has 0 aromatic carbocycles. The zero-order valence-electron chi connectivity index (χ0n) is 6.00. The normalized spacial score (nSPS) is 9.55. The molecule has 1 aromatic rings. The quantitative estimate of drug-likeness (QED) is 0.614. The number of oxazole rings is 1. The van der Waals surface area contributed by atoms with Crippen LogP contribution in [0.2, 0.25) is 0 Å². The van der Waals surface area contributed by atoms with Gasteiger partial charge in [0.1, 0.15) is 6.42 Å². The van der Waals surface area contributed by atoms with Crippen LogP contribution < -0.4 is 5.32 Å². The lowest BCUT2D eigenvalue weighted by molar-refractivity contribution is -0.120. The van der Waals surface area contributed by atoms with E-state index in [1.165, 1.54) is 7.05 Å². The number of amides is 1. The van der Waals surface area contributed by atoms with Gasteiger partial charge in [0.2, 0.25) is 17.7 Å². The molecule has 2 N–H and O–H groups in total. The molecule has 0 spiro atoms. The van der Waals surface area contributed by atoms with Gasteiger partial charge in [0.25, 0.3) is 0 Å². The molecule has 0 aliphatic carbocycles. The number of nitrogens with one attached hydrogen (secondary N) is 1. The molecule has 1 rings (SSSR count). The Morgan fingerprint density at radius 2 is 2.64 bits per heavy atom. The molecule has 0 fully saturated rings. The van der Waals surface area contributed by atoms with Crippen LogP contribution in [0, 0.1) is 0 Å². The Morgan fingerprint density at radius 3 is 3.09 bits per heavy atom. The maximum atomic E-state index is 10.7. The van der Waals surface area contributed by atoms with Crippen LogP contribution in [0.4, 0.5) is 0 Å².